The van der Waals surface area contributed by atoms with Crippen molar-refractivity contribution in [1.82, 2.24) is 0 Å². The lowest BCUT2D eigenvalue weighted by atomic mass is 9.34. The summed E-state index contributed by atoms with van der Waals surface area (Å²) in [6.45, 7) is 17.7. The summed E-state index contributed by atoms with van der Waals surface area (Å²) in [7, 11) is 1.57. The van der Waals surface area contributed by atoms with Crippen LogP contribution in [-0.2, 0) is 19.1 Å². The first-order valence-corrected chi connectivity index (χ1v) is 17.0. The summed E-state index contributed by atoms with van der Waals surface area (Å²) in [4.78, 5) is 40.5. The molecule has 1 heterocycles. The number of benzene rings is 1. The van der Waals surface area contributed by atoms with E-state index in [0.717, 1.165) is 56.9 Å². The molecular weight excluding hydrogens is 568 g/mol. The first kappa shape index (κ1) is 30.8. The third kappa shape index (κ3) is 3.51. The highest BCUT2D eigenvalue weighted by molar-refractivity contribution is 5.90. The molecule has 7 nitrogen and oxygen atoms in total. The third-order valence-electron chi connectivity index (χ3n) is 15.5. The quantitative estimate of drug-likeness (QED) is 0.270. The van der Waals surface area contributed by atoms with Gasteiger partial charge in [0.1, 0.15) is 23.4 Å². The van der Waals surface area contributed by atoms with E-state index in [1.807, 2.05) is 6.92 Å². The number of hydrogen-bond acceptors (Lipinski definition) is 6. The smallest absolute Gasteiger partial charge is 0.338 e. The summed E-state index contributed by atoms with van der Waals surface area (Å²) < 4.78 is 17.8. The molecule has 1 aromatic carbocycles. The zero-order valence-corrected chi connectivity index (χ0v) is 28.0. The zero-order chi connectivity index (χ0) is 32.5. The van der Waals surface area contributed by atoms with Gasteiger partial charge in [-0.05, 0) is 122 Å². The van der Waals surface area contributed by atoms with Gasteiger partial charge in [0.25, 0.3) is 0 Å². The molecule has 1 N–H and O–H groups in total. The van der Waals surface area contributed by atoms with Gasteiger partial charge >= 0.3 is 17.9 Å². The minimum atomic E-state index is -0.881. The van der Waals surface area contributed by atoms with E-state index in [0.29, 0.717) is 17.2 Å². The molecule has 7 heteroatoms. The van der Waals surface area contributed by atoms with Gasteiger partial charge in [0.2, 0.25) is 0 Å². The summed E-state index contributed by atoms with van der Waals surface area (Å²) in [5, 5.41) is 11.0. The Balaban J connectivity index is 1.27. The molecule has 11 atom stereocenters. The second kappa shape index (κ2) is 9.38. The molecule has 0 unspecified atom stereocenters. The predicted molar refractivity (Wildman–Crippen MR) is 168 cm³/mol. The minimum Gasteiger partial charge on any atom is -0.497 e. The topological polar surface area (TPSA) is 99.1 Å². The highest BCUT2D eigenvalue weighted by atomic mass is 16.6. The maximum Gasteiger partial charge on any atom is 0.338 e. The van der Waals surface area contributed by atoms with Gasteiger partial charge in [-0.25, -0.2) is 4.79 Å². The number of methoxy groups -OCH3 is 1. The van der Waals surface area contributed by atoms with Crippen LogP contribution >= 0.6 is 0 Å². The zero-order valence-electron chi connectivity index (χ0n) is 28.0. The lowest BCUT2D eigenvalue weighted by Crippen LogP contribution is -2.65. The summed E-state index contributed by atoms with van der Waals surface area (Å²) in [5.41, 5.74) is -0.934. The van der Waals surface area contributed by atoms with Crippen LogP contribution in [-0.4, -0.2) is 41.8 Å². The Kier molecular flexibility index (Phi) is 6.42. The van der Waals surface area contributed by atoms with Crippen LogP contribution < -0.4 is 4.74 Å². The molecule has 0 amide bonds. The SMILES string of the molecule is C=C(C)[C@]12CC[C@@]3(CC[C@]4(C)[C@H](CC[C@@H]5[C@@]6(C)[C@H](C(=O)O)[C@H](OC(=O)c7ccc(OC)cc7)C(C)(C)[C@@H]6CC[C@]54C)[C@H]31)C(=O)O2. The van der Waals surface area contributed by atoms with Crippen molar-refractivity contribution in [1.29, 1.82) is 0 Å². The first-order chi connectivity index (χ1) is 21.0. The molecule has 2 bridgehead atoms. The van der Waals surface area contributed by atoms with E-state index in [2.05, 4.69) is 41.2 Å². The fourth-order valence-electron chi connectivity index (χ4n) is 13.3. The molecule has 5 saturated carbocycles. The average Bonchev–Trinajstić information content (AvgIpc) is 3.52. The Morgan fingerprint density at radius 3 is 2.18 bits per heavy atom. The number of rotatable bonds is 5. The number of ether oxygens (including phenoxy) is 3. The fraction of sp³-hybridized carbons (Fsp3) is 0.711. The normalized spacial score (nSPS) is 47.0. The largest absolute Gasteiger partial charge is 0.497 e. The van der Waals surface area contributed by atoms with Crippen LogP contribution in [0.3, 0.4) is 0 Å². The van der Waals surface area contributed by atoms with Crippen LogP contribution in [0.5, 0.6) is 5.75 Å². The Bertz CT molecular complexity index is 1480. The molecule has 6 aliphatic rings. The van der Waals surface area contributed by atoms with E-state index in [-0.39, 0.29) is 34.6 Å². The Hall–Kier alpha value is -2.83. The van der Waals surface area contributed by atoms with Crippen LogP contribution in [0.4, 0.5) is 0 Å². The summed E-state index contributed by atoms with van der Waals surface area (Å²) in [5.74, 6) is -0.915. The Labute approximate surface area is 267 Å². The van der Waals surface area contributed by atoms with Gasteiger partial charge < -0.3 is 19.3 Å². The average molecular weight is 619 g/mol. The van der Waals surface area contributed by atoms with E-state index in [9.17, 15) is 19.5 Å². The molecule has 1 aliphatic heterocycles. The molecule has 6 fully saturated rings. The lowest BCUT2D eigenvalue weighted by Gasteiger charge is -2.70. The van der Waals surface area contributed by atoms with Crippen molar-refractivity contribution >= 4 is 17.9 Å². The molecular formula is C38H50O7. The van der Waals surface area contributed by atoms with Gasteiger partial charge in [-0.3, -0.25) is 9.59 Å². The number of aliphatic carboxylic acids is 1. The van der Waals surface area contributed by atoms with E-state index >= 15 is 0 Å². The Morgan fingerprint density at radius 2 is 1.58 bits per heavy atom. The van der Waals surface area contributed by atoms with Gasteiger partial charge in [-0.1, -0.05) is 41.2 Å². The van der Waals surface area contributed by atoms with Crippen molar-refractivity contribution in [2.24, 2.45) is 56.7 Å². The van der Waals surface area contributed by atoms with Gasteiger partial charge in [-0.15, -0.1) is 0 Å². The van der Waals surface area contributed by atoms with Crippen molar-refractivity contribution in [2.75, 3.05) is 7.11 Å². The van der Waals surface area contributed by atoms with Crippen molar-refractivity contribution in [3.8, 4) is 5.75 Å². The molecule has 0 radical (unpaired) electrons. The number of carbonyl (C=O) groups excluding carboxylic acids is 2. The fourth-order valence-corrected chi connectivity index (χ4v) is 13.3. The maximum absolute atomic E-state index is 13.5. The van der Waals surface area contributed by atoms with Gasteiger partial charge in [0.15, 0.2) is 0 Å². The van der Waals surface area contributed by atoms with E-state index < -0.39 is 45.8 Å². The van der Waals surface area contributed by atoms with E-state index in [4.69, 9.17) is 14.2 Å². The third-order valence-corrected chi connectivity index (χ3v) is 15.5. The van der Waals surface area contributed by atoms with Crippen molar-refractivity contribution < 1.29 is 33.7 Å². The number of hydrogen-bond donors (Lipinski definition) is 1. The monoisotopic (exact) mass is 618 g/mol. The van der Waals surface area contributed by atoms with Crippen LogP contribution in [0.15, 0.2) is 36.4 Å². The molecule has 1 saturated heterocycles. The minimum absolute atomic E-state index is 0.0169. The number of carboxylic acids is 1. The van der Waals surface area contributed by atoms with Crippen LogP contribution in [0.1, 0.15) is 103 Å². The van der Waals surface area contributed by atoms with Gasteiger partial charge in [0, 0.05) is 11.3 Å². The summed E-state index contributed by atoms with van der Waals surface area (Å²) in [6.07, 6.45) is 6.48. The van der Waals surface area contributed by atoms with Gasteiger partial charge in [0.05, 0.1) is 18.1 Å². The molecule has 45 heavy (non-hydrogen) atoms. The lowest BCUT2D eigenvalue weighted by molar-refractivity contribution is -0.222. The number of fused-ring (bicyclic) bond motifs is 5. The maximum atomic E-state index is 13.5. The van der Waals surface area contributed by atoms with Crippen LogP contribution in [0.2, 0.25) is 0 Å². The number of esters is 2. The molecule has 0 spiro atoms. The molecule has 0 aromatic heterocycles. The molecule has 7 rings (SSSR count). The van der Waals surface area contributed by atoms with E-state index in [1.54, 1.807) is 31.4 Å². The number of carboxylic acid groups (broad SMARTS) is 1. The standard InChI is InChI=1S/C38H50O7/c1-21(2)38-20-19-37(32(42)45-38)18-17-34(5)24(28(37)38)13-14-26-35(34,6)16-15-25-33(3,4)29(27(30(39)40)36(25,26)7)44-31(41)22-9-11-23(43-8)12-10-22/h9-12,24-29H,1,13-20H2,2-8H3,(H,39,40)/t24-,25+,26+,27+,28-,29+,34-,35-,36+,37-,38-/m1/s1. The van der Waals surface area contributed by atoms with Crippen molar-refractivity contribution in [3.63, 3.8) is 0 Å². The van der Waals surface area contributed by atoms with Crippen LogP contribution in [0, 0.1) is 56.7 Å². The highest BCUT2D eigenvalue weighted by Crippen LogP contribution is 2.81. The van der Waals surface area contributed by atoms with Crippen LogP contribution in [0.25, 0.3) is 0 Å². The second-order valence-electron chi connectivity index (χ2n) is 16.9. The highest BCUT2D eigenvalue weighted by Gasteiger charge is 2.80. The van der Waals surface area contributed by atoms with Gasteiger partial charge in [-0.2, -0.15) is 0 Å². The molecule has 5 aliphatic carbocycles. The molecule has 1 aromatic rings. The Morgan fingerprint density at radius 1 is 0.911 bits per heavy atom. The predicted octanol–water partition coefficient (Wildman–Crippen LogP) is 7.48. The number of carbonyl (C=O) groups is 3. The van der Waals surface area contributed by atoms with Crippen molar-refractivity contribution in [2.45, 2.75) is 105 Å². The van der Waals surface area contributed by atoms with Crippen molar-refractivity contribution in [3.05, 3.63) is 42.0 Å². The first-order valence-electron chi connectivity index (χ1n) is 17.0. The van der Waals surface area contributed by atoms with E-state index in [1.165, 1.54) is 0 Å². The molecule has 244 valence electrons. The summed E-state index contributed by atoms with van der Waals surface area (Å²) in [6, 6.07) is 6.78. The summed E-state index contributed by atoms with van der Waals surface area (Å²) >= 11 is 0. The second-order valence-corrected chi connectivity index (χ2v) is 16.9.